The summed E-state index contributed by atoms with van der Waals surface area (Å²) in [6.45, 7) is 3.88. The number of halogens is 1. The first kappa shape index (κ1) is 18.6. The molecule has 4 rings (SSSR count). The van der Waals surface area contributed by atoms with Crippen LogP contribution >= 0.6 is 11.3 Å². The van der Waals surface area contributed by atoms with E-state index in [0.717, 1.165) is 0 Å². The highest BCUT2D eigenvalue weighted by atomic mass is 32.1. The van der Waals surface area contributed by atoms with Crippen LogP contribution in [0.1, 0.15) is 5.76 Å². The molecule has 0 saturated heterocycles. The Morgan fingerprint density at radius 3 is 2.59 bits per heavy atom. The molecule has 6 nitrogen and oxygen atoms in total. The van der Waals surface area contributed by atoms with Crippen LogP contribution in [-0.2, 0) is 0 Å². The van der Waals surface area contributed by atoms with E-state index in [1.807, 2.05) is 0 Å². The van der Waals surface area contributed by atoms with Gasteiger partial charge in [0.15, 0.2) is 0 Å². The lowest BCUT2D eigenvalue weighted by molar-refractivity contribution is -0.384. The number of thiazole rings is 1. The zero-order valence-corrected chi connectivity index (χ0v) is 15.7. The first-order valence-electron chi connectivity index (χ1n) is 8.45. The van der Waals surface area contributed by atoms with Gasteiger partial charge in [-0.05, 0) is 42.5 Å². The molecular formula is C21H13FN2O4S. The lowest BCUT2D eigenvalue weighted by Gasteiger charge is -2.00. The molecule has 0 spiro atoms. The third kappa shape index (κ3) is 3.65. The maximum Gasteiger partial charge on any atom is 0.273 e. The number of nitro groups is 1. The minimum Gasteiger partial charge on any atom is -0.457 e. The number of nitro benzene ring substituents is 1. The SMILES string of the molecule is C=c1s/c(=C\c2ccc(-c3ccc([N+](=O)[O-])cc3)o2)c(=O)n1-c1cccc(F)c1. The first-order valence-corrected chi connectivity index (χ1v) is 9.27. The average Bonchev–Trinajstić information content (AvgIpc) is 3.26. The van der Waals surface area contributed by atoms with Gasteiger partial charge in [0, 0.05) is 23.8 Å². The van der Waals surface area contributed by atoms with E-state index in [2.05, 4.69) is 6.58 Å². The molecule has 0 aliphatic rings. The third-order valence-corrected chi connectivity index (χ3v) is 5.15. The van der Waals surface area contributed by atoms with Gasteiger partial charge in [0.05, 0.1) is 19.8 Å². The van der Waals surface area contributed by atoms with Crippen molar-refractivity contribution in [2.45, 2.75) is 0 Å². The molecule has 2 heterocycles. The lowest BCUT2D eigenvalue weighted by atomic mass is 10.1. The summed E-state index contributed by atoms with van der Waals surface area (Å²) in [5, 5.41) is 10.8. The van der Waals surface area contributed by atoms with Crippen LogP contribution in [0, 0.1) is 15.9 Å². The van der Waals surface area contributed by atoms with Gasteiger partial charge in [-0.25, -0.2) is 4.39 Å². The van der Waals surface area contributed by atoms with Crippen molar-refractivity contribution in [2.24, 2.45) is 0 Å². The van der Waals surface area contributed by atoms with Crippen LogP contribution in [0.25, 0.3) is 29.7 Å². The van der Waals surface area contributed by atoms with E-state index < -0.39 is 10.7 Å². The molecule has 0 aliphatic heterocycles. The minimum atomic E-state index is -0.470. The van der Waals surface area contributed by atoms with Crippen molar-refractivity contribution in [3.63, 3.8) is 0 Å². The van der Waals surface area contributed by atoms with Crippen molar-refractivity contribution in [2.75, 3.05) is 0 Å². The molecule has 29 heavy (non-hydrogen) atoms. The highest BCUT2D eigenvalue weighted by Crippen LogP contribution is 2.24. The van der Waals surface area contributed by atoms with Gasteiger partial charge in [0.25, 0.3) is 11.2 Å². The van der Waals surface area contributed by atoms with Gasteiger partial charge in [0.2, 0.25) is 0 Å². The normalized spacial score (nSPS) is 11.7. The third-order valence-electron chi connectivity index (χ3n) is 4.22. The second kappa shape index (κ2) is 7.33. The second-order valence-corrected chi connectivity index (χ2v) is 7.25. The van der Waals surface area contributed by atoms with E-state index >= 15 is 0 Å². The van der Waals surface area contributed by atoms with E-state index in [1.54, 1.807) is 36.4 Å². The molecule has 0 unspecified atom stereocenters. The minimum absolute atomic E-state index is 0.00782. The smallest absolute Gasteiger partial charge is 0.273 e. The number of benzene rings is 2. The Bertz CT molecular complexity index is 1380. The van der Waals surface area contributed by atoms with Crippen molar-refractivity contribution in [1.82, 2.24) is 4.57 Å². The van der Waals surface area contributed by atoms with Crippen molar-refractivity contribution in [1.29, 1.82) is 0 Å². The zero-order chi connectivity index (χ0) is 20.5. The molecule has 2 aromatic heterocycles. The molecule has 0 radical (unpaired) electrons. The molecule has 0 saturated carbocycles. The van der Waals surface area contributed by atoms with E-state index in [4.69, 9.17) is 4.42 Å². The van der Waals surface area contributed by atoms with Gasteiger partial charge in [-0.2, -0.15) is 0 Å². The summed E-state index contributed by atoms with van der Waals surface area (Å²) < 4.78 is 21.5. The van der Waals surface area contributed by atoms with E-state index in [9.17, 15) is 19.3 Å². The lowest BCUT2D eigenvalue weighted by Crippen LogP contribution is -2.29. The number of non-ortho nitro benzene ring substituents is 1. The fourth-order valence-electron chi connectivity index (χ4n) is 2.87. The van der Waals surface area contributed by atoms with Crippen LogP contribution < -0.4 is 14.8 Å². The standard InChI is InChI=1S/C21H13FN2O4S/c1-13-23(17-4-2-3-15(22)11-17)21(25)20(29-13)12-18-9-10-19(28-18)14-5-7-16(8-6-14)24(26)27/h2-12H,1H2/b20-12-. The maximum atomic E-state index is 13.5. The Balaban J connectivity index is 1.71. The Hall–Kier alpha value is -3.78. The Morgan fingerprint density at radius 1 is 1.14 bits per heavy atom. The first-order chi connectivity index (χ1) is 13.9. The number of furan rings is 1. The summed E-state index contributed by atoms with van der Waals surface area (Å²) in [7, 11) is 0. The highest BCUT2D eigenvalue weighted by Gasteiger charge is 2.10. The monoisotopic (exact) mass is 408 g/mol. The van der Waals surface area contributed by atoms with Gasteiger partial charge in [-0.1, -0.05) is 12.6 Å². The molecule has 8 heteroatoms. The zero-order valence-electron chi connectivity index (χ0n) is 14.9. The van der Waals surface area contributed by atoms with Crippen molar-refractivity contribution < 1.29 is 13.7 Å². The number of aromatic nitrogens is 1. The molecule has 0 bridgehead atoms. The predicted octanol–water partition coefficient (Wildman–Crippen LogP) is 3.45. The predicted molar refractivity (Wildman–Crippen MR) is 109 cm³/mol. The van der Waals surface area contributed by atoms with Crippen molar-refractivity contribution in [3.8, 4) is 17.0 Å². The molecular weight excluding hydrogens is 395 g/mol. The largest absolute Gasteiger partial charge is 0.457 e. The second-order valence-electron chi connectivity index (χ2n) is 6.13. The molecule has 4 aromatic rings. The Kier molecular flexibility index (Phi) is 4.69. The Morgan fingerprint density at radius 2 is 1.90 bits per heavy atom. The van der Waals surface area contributed by atoms with Crippen LogP contribution in [0.15, 0.2) is 69.9 Å². The van der Waals surface area contributed by atoms with Crippen LogP contribution in [0.3, 0.4) is 0 Å². The number of hydrogen-bond acceptors (Lipinski definition) is 5. The average molecular weight is 408 g/mol. The topological polar surface area (TPSA) is 78.3 Å². The Labute approximate surface area is 167 Å². The number of hydrogen-bond donors (Lipinski definition) is 0. The summed E-state index contributed by atoms with van der Waals surface area (Å²) in [5.74, 6) is 0.524. The van der Waals surface area contributed by atoms with Gasteiger partial charge < -0.3 is 4.42 Å². The van der Waals surface area contributed by atoms with Gasteiger partial charge in [-0.15, -0.1) is 11.3 Å². The molecule has 2 aromatic carbocycles. The molecule has 0 amide bonds. The molecule has 0 aliphatic carbocycles. The van der Waals surface area contributed by atoms with E-state index in [0.29, 0.717) is 32.0 Å². The molecule has 0 N–H and O–H groups in total. The molecule has 144 valence electrons. The van der Waals surface area contributed by atoms with Gasteiger partial charge in [0.1, 0.15) is 17.3 Å². The van der Waals surface area contributed by atoms with E-state index in [1.165, 1.54) is 46.2 Å². The number of nitrogens with zero attached hydrogens (tertiary/aromatic N) is 2. The van der Waals surface area contributed by atoms with Crippen LogP contribution in [0.2, 0.25) is 0 Å². The summed E-state index contributed by atoms with van der Waals surface area (Å²) in [4.78, 5) is 23.0. The van der Waals surface area contributed by atoms with Crippen LogP contribution in [-0.4, -0.2) is 9.49 Å². The maximum absolute atomic E-state index is 13.5. The highest BCUT2D eigenvalue weighted by molar-refractivity contribution is 7.07. The fourth-order valence-corrected chi connectivity index (χ4v) is 3.76. The van der Waals surface area contributed by atoms with Crippen LogP contribution in [0.5, 0.6) is 0 Å². The summed E-state index contributed by atoms with van der Waals surface area (Å²) in [6.07, 6.45) is 1.59. The fraction of sp³-hybridized carbons (Fsp3) is 0. The molecule has 0 fully saturated rings. The van der Waals surface area contributed by atoms with E-state index in [-0.39, 0.29) is 11.2 Å². The number of rotatable bonds is 4. The van der Waals surface area contributed by atoms with Crippen LogP contribution in [0.4, 0.5) is 10.1 Å². The summed E-state index contributed by atoms with van der Waals surface area (Å²) >= 11 is 1.17. The van der Waals surface area contributed by atoms with Gasteiger partial charge >= 0.3 is 0 Å². The van der Waals surface area contributed by atoms with Crippen molar-refractivity contribution in [3.05, 3.63) is 102 Å². The van der Waals surface area contributed by atoms with Gasteiger partial charge in [-0.3, -0.25) is 19.5 Å². The molecule has 0 atom stereocenters. The quantitative estimate of drug-likeness (QED) is 0.383. The summed E-state index contributed by atoms with van der Waals surface area (Å²) in [6, 6.07) is 15.1. The summed E-state index contributed by atoms with van der Waals surface area (Å²) in [5.41, 5.74) is 0.754. The van der Waals surface area contributed by atoms with Crippen molar-refractivity contribution >= 4 is 29.7 Å².